The molecule has 4 rings (SSSR count). The monoisotopic (exact) mass is 476 g/mol. The molecule has 0 spiro atoms. The Labute approximate surface area is 193 Å². The van der Waals surface area contributed by atoms with Gasteiger partial charge in [0.15, 0.2) is 11.5 Å². The molecular formula is C24H20ClF3N2O3. The number of halogens is 4. The second-order valence-electron chi connectivity index (χ2n) is 7.45. The lowest BCUT2D eigenvalue weighted by molar-refractivity contribution is -0.317. The highest BCUT2D eigenvalue weighted by Crippen LogP contribution is 2.46. The third-order valence-electron chi connectivity index (χ3n) is 5.19. The van der Waals surface area contributed by atoms with Crippen molar-refractivity contribution < 1.29 is 27.4 Å². The summed E-state index contributed by atoms with van der Waals surface area (Å²) in [6.45, 7) is 0.118. The van der Waals surface area contributed by atoms with Gasteiger partial charge in [0.1, 0.15) is 0 Å². The lowest BCUT2D eigenvalue weighted by Gasteiger charge is -2.29. The number of ether oxygens (including phenoxy) is 2. The number of benzene rings is 3. The Kier molecular flexibility index (Phi) is 6.37. The number of carbonyl (C=O) groups is 1. The molecule has 0 aromatic heterocycles. The number of rotatable bonds is 6. The Bertz CT molecular complexity index is 1070. The summed E-state index contributed by atoms with van der Waals surface area (Å²) in [7, 11) is 0. The Morgan fingerprint density at radius 1 is 0.909 bits per heavy atom. The zero-order valence-electron chi connectivity index (χ0n) is 17.2. The fourth-order valence-electron chi connectivity index (χ4n) is 3.63. The van der Waals surface area contributed by atoms with Crippen LogP contribution in [0.15, 0.2) is 78.9 Å². The van der Waals surface area contributed by atoms with E-state index in [1.54, 1.807) is 5.32 Å². The van der Waals surface area contributed by atoms with Crippen molar-refractivity contribution >= 4 is 17.6 Å². The minimum absolute atomic E-state index is 0.0466. The van der Waals surface area contributed by atoms with Gasteiger partial charge >= 0.3 is 18.1 Å². The molecule has 0 aliphatic carbocycles. The van der Waals surface area contributed by atoms with Crippen LogP contribution in [-0.2, 0) is 0 Å². The minimum Gasteiger partial charge on any atom is -0.424 e. The van der Waals surface area contributed by atoms with Crippen LogP contribution in [0, 0.1) is 0 Å². The number of hydrogen-bond donors (Lipinski definition) is 2. The Morgan fingerprint density at radius 2 is 1.48 bits per heavy atom. The summed E-state index contributed by atoms with van der Waals surface area (Å²) >= 11 is 5.82. The van der Waals surface area contributed by atoms with E-state index in [4.69, 9.17) is 21.1 Å². The van der Waals surface area contributed by atoms with Crippen LogP contribution in [0.3, 0.4) is 0 Å². The fraction of sp³-hybridized carbons (Fsp3) is 0.208. The van der Waals surface area contributed by atoms with Gasteiger partial charge in [-0.25, -0.2) is 4.79 Å². The first-order valence-electron chi connectivity index (χ1n) is 10.2. The molecule has 1 aliphatic heterocycles. The fourth-order valence-corrected chi connectivity index (χ4v) is 3.80. The first kappa shape index (κ1) is 22.8. The second-order valence-corrected chi connectivity index (χ2v) is 7.89. The van der Waals surface area contributed by atoms with Gasteiger partial charge in [0, 0.05) is 23.6 Å². The summed E-state index contributed by atoms with van der Waals surface area (Å²) in [4.78, 5) is 12.4. The highest BCUT2D eigenvalue weighted by atomic mass is 35.5. The van der Waals surface area contributed by atoms with Crippen molar-refractivity contribution in [1.29, 1.82) is 0 Å². The van der Waals surface area contributed by atoms with Crippen molar-refractivity contribution in [3.05, 3.63) is 95.0 Å². The Hall–Kier alpha value is -3.39. The first-order valence-corrected chi connectivity index (χ1v) is 10.6. The third kappa shape index (κ3) is 5.01. The maximum atomic E-state index is 13.8. The summed E-state index contributed by atoms with van der Waals surface area (Å²) in [6, 6.07) is 22.1. The normalized spacial score (nSPS) is 17.1. The van der Waals surface area contributed by atoms with E-state index >= 15 is 0 Å². The molecule has 3 aromatic rings. The summed E-state index contributed by atoms with van der Waals surface area (Å²) < 4.78 is 51.4. The zero-order chi connectivity index (χ0) is 23.5. The van der Waals surface area contributed by atoms with E-state index in [-0.39, 0.29) is 29.0 Å². The van der Waals surface area contributed by atoms with E-state index in [1.807, 2.05) is 60.7 Å². The molecule has 33 heavy (non-hydrogen) atoms. The van der Waals surface area contributed by atoms with Gasteiger partial charge in [0.2, 0.25) is 0 Å². The van der Waals surface area contributed by atoms with Crippen molar-refractivity contribution in [2.75, 3.05) is 6.54 Å². The quantitative estimate of drug-likeness (QED) is 0.469. The molecule has 0 saturated heterocycles. The van der Waals surface area contributed by atoms with E-state index in [0.717, 1.165) is 11.1 Å². The standard InChI is InChI=1S/C24H20ClF3N2O3/c25-18-11-12-20-21(15-18)33-24(32-20,23(26,27)28)30-22(31)29-14-13-19(16-7-3-1-4-8-16)17-9-5-2-6-10-17/h1-12,15,19H,13-14H2,(H2,29,30,31)/t24-/m1/s1. The minimum atomic E-state index is -5.05. The molecule has 1 aliphatic rings. The lowest BCUT2D eigenvalue weighted by atomic mass is 9.88. The summed E-state index contributed by atoms with van der Waals surface area (Å²) in [5, 5.41) is 4.44. The predicted octanol–water partition coefficient (Wildman–Crippen LogP) is 5.85. The predicted molar refractivity (Wildman–Crippen MR) is 117 cm³/mol. The number of alkyl halides is 3. The first-order chi connectivity index (χ1) is 15.8. The summed E-state index contributed by atoms with van der Waals surface area (Å²) in [5.74, 6) is -3.78. The maximum absolute atomic E-state index is 13.8. The second kappa shape index (κ2) is 9.23. The number of urea groups is 1. The highest BCUT2D eigenvalue weighted by Gasteiger charge is 2.65. The number of carbonyl (C=O) groups excluding carboxylic acids is 1. The summed E-state index contributed by atoms with van der Waals surface area (Å²) in [5.41, 5.74) is 2.07. The average molecular weight is 477 g/mol. The van der Waals surface area contributed by atoms with Crippen molar-refractivity contribution in [3.63, 3.8) is 0 Å². The molecular weight excluding hydrogens is 457 g/mol. The molecule has 3 aromatic carbocycles. The van der Waals surface area contributed by atoms with Crippen LogP contribution in [0.25, 0.3) is 0 Å². The molecule has 2 amide bonds. The largest absolute Gasteiger partial charge is 0.492 e. The Morgan fingerprint density at radius 3 is 2.06 bits per heavy atom. The maximum Gasteiger partial charge on any atom is 0.492 e. The van der Waals surface area contributed by atoms with Crippen LogP contribution >= 0.6 is 11.6 Å². The van der Waals surface area contributed by atoms with Gasteiger partial charge in [-0.1, -0.05) is 72.3 Å². The topological polar surface area (TPSA) is 59.6 Å². The van der Waals surface area contributed by atoms with Gasteiger partial charge in [-0.05, 0) is 29.7 Å². The third-order valence-corrected chi connectivity index (χ3v) is 5.42. The molecule has 1 heterocycles. The number of nitrogens with one attached hydrogen (secondary N) is 2. The van der Waals surface area contributed by atoms with E-state index in [0.29, 0.717) is 6.42 Å². The van der Waals surface area contributed by atoms with Crippen LogP contribution in [0.4, 0.5) is 18.0 Å². The molecule has 5 nitrogen and oxygen atoms in total. The average Bonchev–Trinajstić information content (AvgIpc) is 3.16. The number of hydrogen-bond acceptors (Lipinski definition) is 3. The van der Waals surface area contributed by atoms with E-state index < -0.39 is 18.1 Å². The van der Waals surface area contributed by atoms with Crippen molar-refractivity contribution in [2.45, 2.75) is 24.4 Å². The highest BCUT2D eigenvalue weighted by molar-refractivity contribution is 6.30. The SMILES string of the molecule is O=C(NCCC(c1ccccc1)c1ccccc1)N[C@]1(C(F)(F)F)Oc2ccc(Cl)cc2O1. The van der Waals surface area contributed by atoms with Crippen LogP contribution in [0.2, 0.25) is 5.02 Å². The zero-order valence-corrected chi connectivity index (χ0v) is 18.0. The van der Waals surface area contributed by atoms with Gasteiger partial charge < -0.3 is 14.8 Å². The van der Waals surface area contributed by atoms with Crippen LogP contribution in [0.1, 0.15) is 23.5 Å². The van der Waals surface area contributed by atoms with E-state index in [2.05, 4.69) is 5.32 Å². The van der Waals surface area contributed by atoms with Crippen LogP contribution < -0.4 is 20.1 Å². The van der Waals surface area contributed by atoms with Crippen LogP contribution in [-0.4, -0.2) is 24.7 Å². The van der Waals surface area contributed by atoms with E-state index in [1.165, 1.54) is 18.2 Å². The lowest BCUT2D eigenvalue weighted by Crippen LogP contribution is -2.66. The van der Waals surface area contributed by atoms with Gasteiger partial charge in [-0.3, -0.25) is 5.32 Å². The van der Waals surface area contributed by atoms with Gasteiger partial charge in [-0.15, -0.1) is 0 Å². The molecule has 0 unspecified atom stereocenters. The molecule has 1 atom stereocenters. The molecule has 172 valence electrons. The molecule has 0 radical (unpaired) electrons. The smallest absolute Gasteiger partial charge is 0.424 e. The molecule has 0 fully saturated rings. The Balaban J connectivity index is 1.43. The van der Waals surface area contributed by atoms with Crippen molar-refractivity contribution in [2.24, 2.45) is 0 Å². The van der Waals surface area contributed by atoms with Crippen molar-refractivity contribution in [3.8, 4) is 11.5 Å². The molecule has 0 saturated carbocycles. The number of amides is 2. The molecule has 0 bridgehead atoms. The van der Waals surface area contributed by atoms with Crippen LogP contribution in [0.5, 0.6) is 11.5 Å². The van der Waals surface area contributed by atoms with Gasteiger partial charge in [0.25, 0.3) is 0 Å². The van der Waals surface area contributed by atoms with E-state index in [9.17, 15) is 18.0 Å². The molecule has 9 heteroatoms. The van der Waals surface area contributed by atoms with Gasteiger partial charge in [0.05, 0.1) is 0 Å². The molecule has 2 N–H and O–H groups in total. The number of fused-ring (bicyclic) bond motifs is 1. The van der Waals surface area contributed by atoms with Gasteiger partial charge in [-0.2, -0.15) is 13.2 Å². The summed E-state index contributed by atoms with van der Waals surface area (Å²) in [6.07, 6.45) is -4.58. The van der Waals surface area contributed by atoms with Crippen molar-refractivity contribution in [1.82, 2.24) is 10.6 Å².